The number of hydrogen-bond acceptors (Lipinski definition) is 3. The van der Waals surface area contributed by atoms with E-state index in [1.165, 1.54) is 5.01 Å². The lowest BCUT2D eigenvalue weighted by Crippen LogP contribution is -2.22. The Bertz CT molecular complexity index is 554. The number of rotatable bonds is 6. The molecular weight excluding hydrogens is 395 g/mol. The number of halogens is 1. The van der Waals surface area contributed by atoms with Gasteiger partial charge in [-0.15, -0.1) is 35.3 Å². The molecule has 0 amide bonds. The van der Waals surface area contributed by atoms with E-state index in [0.717, 1.165) is 37.2 Å². The third kappa shape index (κ3) is 6.90. The molecule has 2 aromatic rings. The second-order valence-corrected chi connectivity index (χ2v) is 5.54. The highest BCUT2D eigenvalue weighted by atomic mass is 127. The molecule has 0 saturated heterocycles. The Kier molecular flexibility index (Phi) is 8.29. The molecule has 6 heteroatoms. The molecule has 0 bridgehead atoms. The first-order chi connectivity index (χ1) is 9.74. The monoisotopic (exact) mass is 416 g/mol. The molecule has 0 aliphatic carbocycles. The van der Waals surface area contributed by atoms with Crippen LogP contribution in [0.15, 0.2) is 40.7 Å². The molecule has 1 heterocycles. The maximum Gasteiger partial charge on any atom is 0.193 e. The van der Waals surface area contributed by atoms with E-state index in [0.29, 0.717) is 5.96 Å². The molecule has 0 aliphatic heterocycles. The van der Waals surface area contributed by atoms with Gasteiger partial charge in [0.15, 0.2) is 5.96 Å². The van der Waals surface area contributed by atoms with E-state index in [4.69, 9.17) is 5.73 Å². The lowest BCUT2D eigenvalue weighted by Gasteiger charge is -2.04. The number of para-hydroxylation sites is 1. The van der Waals surface area contributed by atoms with Gasteiger partial charge in [0.25, 0.3) is 0 Å². The predicted molar refractivity (Wildman–Crippen MR) is 102 cm³/mol. The summed E-state index contributed by atoms with van der Waals surface area (Å²) < 4.78 is 0. The van der Waals surface area contributed by atoms with E-state index in [9.17, 15) is 0 Å². The third-order valence-electron chi connectivity index (χ3n) is 2.79. The molecule has 4 nitrogen and oxygen atoms in total. The van der Waals surface area contributed by atoms with Crippen molar-refractivity contribution in [1.82, 2.24) is 4.98 Å². The van der Waals surface area contributed by atoms with Crippen molar-refractivity contribution in [2.75, 3.05) is 11.9 Å². The van der Waals surface area contributed by atoms with Crippen molar-refractivity contribution in [3.63, 3.8) is 0 Å². The van der Waals surface area contributed by atoms with Gasteiger partial charge >= 0.3 is 0 Å². The molecule has 1 aromatic heterocycles. The van der Waals surface area contributed by atoms with E-state index in [2.05, 4.69) is 20.7 Å². The van der Waals surface area contributed by atoms with Crippen LogP contribution in [0.25, 0.3) is 0 Å². The standard InChI is InChI=1S/C15H20N4S.HI/c1-12-11-20-14(18-12)9-5-6-10-17-15(16)19-13-7-3-2-4-8-13;/h2-4,7-8,11H,5-6,9-10H2,1H3,(H3,16,17,19);1H. The van der Waals surface area contributed by atoms with E-state index in [1.807, 2.05) is 37.3 Å². The Balaban J connectivity index is 0.00000220. The molecule has 0 fully saturated rings. The third-order valence-corrected chi connectivity index (χ3v) is 3.82. The van der Waals surface area contributed by atoms with Gasteiger partial charge in [-0.2, -0.15) is 0 Å². The van der Waals surface area contributed by atoms with Crippen LogP contribution in [-0.2, 0) is 6.42 Å². The summed E-state index contributed by atoms with van der Waals surface area (Å²) in [6.45, 7) is 2.77. The fourth-order valence-corrected chi connectivity index (χ4v) is 2.63. The van der Waals surface area contributed by atoms with Crippen LogP contribution in [0.3, 0.4) is 0 Å². The Morgan fingerprint density at radius 3 is 2.71 bits per heavy atom. The summed E-state index contributed by atoms with van der Waals surface area (Å²) in [5.41, 5.74) is 7.91. The number of hydrogen-bond donors (Lipinski definition) is 2. The van der Waals surface area contributed by atoms with Gasteiger partial charge in [0.05, 0.1) is 5.01 Å². The first-order valence-electron chi connectivity index (χ1n) is 6.77. The number of aryl methyl sites for hydroxylation is 2. The zero-order valence-electron chi connectivity index (χ0n) is 12.1. The summed E-state index contributed by atoms with van der Waals surface area (Å²) >= 11 is 1.73. The summed E-state index contributed by atoms with van der Waals surface area (Å²) in [4.78, 5) is 8.77. The molecule has 114 valence electrons. The predicted octanol–water partition coefficient (Wildman–Crippen LogP) is 3.82. The first kappa shape index (κ1) is 17.9. The highest BCUT2D eigenvalue weighted by Crippen LogP contribution is 2.11. The van der Waals surface area contributed by atoms with Gasteiger partial charge in [-0.05, 0) is 38.3 Å². The van der Waals surface area contributed by atoms with Crippen LogP contribution in [0.2, 0.25) is 0 Å². The number of unbranched alkanes of at least 4 members (excludes halogenated alkanes) is 1. The fraction of sp³-hybridized carbons (Fsp3) is 0.333. The number of nitrogens with zero attached hydrogens (tertiary/aromatic N) is 2. The number of thiazole rings is 1. The molecule has 1 aromatic carbocycles. The summed E-state index contributed by atoms with van der Waals surface area (Å²) in [6.07, 6.45) is 3.14. The van der Waals surface area contributed by atoms with Crippen LogP contribution in [-0.4, -0.2) is 17.5 Å². The largest absolute Gasteiger partial charge is 0.370 e. The molecule has 0 unspecified atom stereocenters. The maximum absolute atomic E-state index is 5.83. The Labute approximate surface area is 146 Å². The number of benzene rings is 1. The summed E-state index contributed by atoms with van der Waals surface area (Å²) in [5.74, 6) is 0.473. The minimum Gasteiger partial charge on any atom is -0.370 e. The highest BCUT2D eigenvalue weighted by molar-refractivity contribution is 14.0. The second-order valence-electron chi connectivity index (χ2n) is 4.60. The van der Waals surface area contributed by atoms with Crippen molar-refractivity contribution in [3.05, 3.63) is 46.4 Å². The molecular formula is C15H21IN4S. The fourth-order valence-electron chi connectivity index (χ4n) is 1.81. The number of anilines is 1. The van der Waals surface area contributed by atoms with Gasteiger partial charge < -0.3 is 11.1 Å². The number of nitrogens with one attached hydrogen (secondary N) is 1. The van der Waals surface area contributed by atoms with Crippen molar-refractivity contribution < 1.29 is 0 Å². The number of aromatic nitrogens is 1. The molecule has 0 aliphatic rings. The average Bonchev–Trinajstić information content (AvgIpc) is 2.85. The van der Waals surface area contributed by atoms with Crippen molar-refractivity contribution in [1.29, 1.82) is 0 Å². The van der Waals surface area contributed by atoms with Crippen LogP contribution in [0.4, 0.5) is 5.69 Å². The van der Waals surface area contributed by atoms with Gasteiger partial charge in [-0.25, -0.2) is 4.98 Å². The van der Waals surface area contributed by atoms with E-state index < -0.39 is 0 Å². The zero-order valence-corrected chi connectivity index (χ0v) is 15.2. The molecule has 0 spiro atoms. The van der Waals surface area contributed by atoms with Gasteiger partial charge in [-0.1, -0.05) is 18.2 Å². The van der Waals surface area contributed by atoms with Gasteiger partial charge in [0, 0.05) is 23.3 Å². The van der Waals surface area contributed by atoms with E-state index in [-0.39, 0.29) is 24.0 Å². The van der Waals surface area contributed by atoms with Crippen molar-refractivity contribution >= 4 is 47.0 Å². The van der Waals surface area contributed by atoms with E-state index >= 15 is 0 Å². The SMILES string of the molecule is Cc1csc(CCCCN=C(N)Nc2ccccc2)n1.I. The van der Waals surface area contributed by atoms with Crippen LogP contribution >= 0.6 is 35.3 Å². The Hall–Kier alpha value is -1.15. The van der Waals surface area contributed by atoms with Crippen molar-refractivity contribution in [2.45, 2.75) is 26.2 Å². The van der Waals surface area contributed by atoms with Crippen LogP contribution in [0.5, 0.6) is 0 Å². The summed E-state index contributed by atoms with van der Waals surface area (Å²) in [7, 11) is 0. The molecule has 0 saturated carbocycles. The minimum absolute atomic E-state index is 0. The van der Waals surface area contributed by atoms with Crippen LogP contribution < -0.4 is 11.1 Å². The number of nitrogens with two attached hydrogens (primary N) is 1. The number of guanidine groups is 1. The topological polar surface area (TPSA) is 63.3 Å². The maximum atomic E-state index is 5.83. The smallest absolute Gasteiger partial charge is 0.193 e. The molecule has 0 atom stereocenters. The van der Waals surface area contributed by atoms with Gasteiger partial charge in [-0.3, -0.25) is 4.99 Å². The summed E-state index contributed by atoms with van der Waals surface area (Å²) in [5, 5.41) is 6.37. The van der Waals surface area contributed by atoms with Crippen molar-refractivity contribution in [3.8, 4) is 0 Å². The van der Waals surface area contributed by atoms with E-state index in [1.54, 1.807) is 11.3 Å². The first-order valence-corrected chi connectivity index (χ1v) is 7.65. The van der Waals surface area contributed by atoms with Crippen LogP contribution in [0, 0.1) is 6.92 Å². The Morgan fingerprint density at radius 2 is 2.05 bits per heavy atom. The lowest BCUT2D eigenvalue weighted by molar-refractivity contribution is 0.741. The molecule has 2 rings (SSSR count). The molecule has 0 radical (unpaired) electrons. The molecule has 21 heavy (non-hydrogen) atoms. The zero-order chi connectivity index (χ0) is 14.2. The second kappa shape index (κ2) is 9.73. The van der Waals surface area contributed by atoms with Gasteiger partial charge in [0.1, 0.15) is 0 Å². The highest BCUT2D eigenvalue weighted by Gasteiger charge is 1.98. The lowest BCUT2D eigenvalue weighted by atomic mass is 10.2. The average molecular weight is 416 g/mol. The normalized spacial score (nSPS) is 11.0. The minimum atomic E-state index is 0. The summed E-state index contributed by atoms with van der Waals surface area (Å²) in [6, 6.07) is 9.83. The Morgan fingerprint density at radius 1 is 1.29 bits per heavy atom. The van der Waals surface area contributed by atoms with Crippen LogP contribution in [0.1, 0.15) is 23.5 Å². The number of aliphatic imine (C=N–C) groups is 1. The molecule has 3 N–H and O–H groups in total. The van der Waals surface area contributed by atoms with Gasteiger partial charge in [0.2, 0.25) is 0 Å². The quantitative estimate of drug-likeness (QED) is 0.326. The van der Waals surface area contributed by atoms with Crippen molar-refractivity contribution in [2.24, 2.45) is 10.7 Å².